The first-order valence-electron chi connectivity index (χ1n) is 6.17. The van der Waals surface area contributed by atoms with Gasteiger partial charge < -0.3 is 9.94 Å². The molecule has 1 aromatic carbocycles. The van der Waals surface area contributed by atoms with Crippen LogP contribution in [0.4, 0.5) is 0 Å². The van der Waals surface area contributed by atoms with E-state index in [9.17, 15) is 10.0 Å². The van der Waals surface area contributed by atoms with Crippen LogP contribution in [0.3, 0.4) is 0 Å². The Morgan fingerprint density at radius 3 is 3.19 bits per heavy atom. The molecule has 2 aromatic heterocycles. The van der Waals surface area contributed by atoms with Crippen LogP contribution in [-0.4, -0.2) is 27.0 Å². The number of ether oxygens (including phenoxy) is 1. The van der Waals surface area contributed by atoms with Gasteiger partial charge in [-0.1, -0.05) is 6.08 Å². The van der Waals surface area contributed by atoms with Gasteiger partial charge in [0.1, 0.15) is 18.3 Å². The number of fused-ring (bicyclic) bond motifs is 2. The van der Waals surface area contributed by atoms with E-state index in [4.69, 9.17) is 9.37 Å². The van der Waals surface area contributed by atoms with Crippen LogP contribution < -0.4 is 14.8 Å². The molecule has 3 heterocycles. The Kier molecular flexibility index (Phi) is 2.31. The molecule has 0 spiro atoms. The van der Waals surface area contributed by atoms with Crippen molar-refractivity contribution in [3.63, 3.8) is 0 Å². The fraction of sp³-hybridized carbons (Fsp3) is 0.0769. The molecule has 0 amide bonds. The molecule has 0 aliphatic carbocycles. The molecule has 0 unspecified atom stereocenters. The number of hydrogen-bond acceptors (Lipinski definition) is 6. The first-order valence-corrected chi connectivity index (χ1v) is 6.17. The molecule has 0 atom stereocenters. The molecule has 1 aliphatic heterocycles. The number of rotatable bonds is 1. The third-order valence-corrected chi connectivity index (χ3v) is 3.20. The number of benzene rings is 1. The lowest BCUT2D eigenvalue weighted by Gasteiger charge is -2.12. The van der Waals surface area contributed by atoms with E-state index in [-0.39, 0.29) is 5.43 Å². The maximum absolute atomic E-state index is 11.6. The van der Waals surface area contributed by atoms with Crippen LogP contribution in [-0.2, 0) is 0 Å². The topological polar surface area (TPSA) is 94.3 Å². The fourth-order valence-electron chi connectivity index (χ4n) is 2.31. The second-order valence-corrected chi connectivity index (χ2v) is 4.50. The minimum atomic E-state index is -0.270. The summed E-state index contributed by atoms with van der Waals surface area (Å²) in [6, 6.07) is 3.01. The molecular weight excluding hydrogens is 276 g/mol. The molecular formula is C13H9N4O4+. The molecule has 3 aromatic rings. The molecule has 8 heteroatoms. The summed E-state index contributed by atoms with van der Waals surface area (Å²) in [6.07, 6.45) is 6.19. The maximum Gasteiger partial charge on any atom is 0.312 e. The van der Waals surface area contributed by atoms with Gasteiger partial charge in [-0.05, 0) is 27.1 Å². The van der Waals surface area contributed by atoms with Crippen LogP contribution in [0.25, 0.3) is 22.8 Å². The molecule has 21 heavy (non-hydrogen) atoms. The van der Waals surface area contributed by atoms with Crippen molar-refractivity contribution in [1.82, 2.24) is 15.2 Å². The highest BCUT2D eigenvalue weighted by Gasteiger charge is 2.29. The van der Waals surface area contributed by atoms with E-state index in [1.807, 2.05) is 12.2 Å². The lowest BCUT2D eigenvalue weighted by Crippen LogP contribution is -2.45. The zero-order chi connectivity index (χ0) is 14.4. The summed E-state index contributed by atoms with van der Waals surface area (Å²) in [7, 11) is 0. The van der Waals surface area contributed by atoms with Gasteiger partial charge in [0.2, 0.25) is 16.7 Å². The molecule has 0 radical (unpaired) electrons. The van der Waals surface area contributed by atoms with E-state index >= 15 is 0 Å². The highest BCUT2D eigenvalue weighted by molar-refractivity contribution is 5.88. The van der Waals surface area contributed by atoms with Crippen molar-refractivity contribution in [3.8, 4) is 11.4 Å². The summed E-state index contributed by atoms with van der Waals surface area (Å²) < 4.78 is 11.6. The largest absolute Gasteiger partial charge is 0.482 e. The van der Waals surface area contributed by atoms with E-state index in [0.717, 1.165) is 10.4 Å². The van der Waals surface area contributed by atoms with Crippen LogP contribution in [0.2, 0.25) is 0 Å². The van der Waals surface area contributed by atoms with Crippen molar-refractivity contribution in [2.75, 3.05) is 6.61 Å². The van der Waals surface area contributed by atoms with E-state index in [1.54, 1.807) is 6.07 Å². The van der Waals surface area contributed by atoms with Gasteiger partial charge in [0, 0.05) is 16.5 Å². The molecule has 0 saturated heterocycles. The zero-order valence-corrected chi connectivity index (χ0v) is 10.6. The second-order valence-electron chi connectivity index (χ2n) is 4.50. The van der Waals surface area contributed by atoms with E-state index in [2.05, 4.69) is 10.3 Å². The predicted molar refractivity (Wildman–Crippen MR) is 69.3 cm³/mol. The molecule has 1 N–H and O–H groups in total. The normalized spacial score (nSPS) is 13.1. The molecule has 0 fully saturated rings. The van der Waals surface area contributed by atoms with Gasteiger partial charge in [-0.3, -0.25) is 4.79 Å². The van der Waals surface area contributed by atoms with Gasteiger partial charge in [0.25, 0.3) is 6.20 Å². The molecule has 104 valence electrons. The Labute approximate surface area is 117 Å². The Hall–Kier alpha value is -3.16. The van der Waals surface area contributed by atoms with E-state index < -0.39 is 0 Å². The minimum absolute atomic E-state index is 0.270. The van der Waals surface area contributed by atoms with Gasteiger partial charge >= 0.3 is 5.69 Å². The van der Waals surface area contributed by atoms with Crippen LogP contribution in [0.5, 0.6) is 5.75 Å². The highest BCUT2D eigenvalue weighted by atomic mass is 16.6. The smallest absolute Gasteiger partial charge is 0.312 e. The number of nitrogens with zero attached hydrogens (tertiary/aromatic N) is 4. The summed E-state index contributed by atoms with van der Waals surface area (Å²) in [4.78, 5) is 12.4. The second kappa shape index (κ2) is 4.17. The number of aromatic nitrogens is 4. The Bertz CT molecular complexity index is 941. The van der Waals surface area contributed by atoms with E-state index in [0.29, 0.717) is 29.1 Å². The van der Waals surface area contributed by atoms with Crippen LogP contribution in [0.1, 0.15) is 5.56 Å². The zero-order valence-electron chi connectivity index (χ0n) is 10.6. The van der Waals surface area contributed by atoms with Crippen molar-refractivity contribution in [3.05, 3.63) is 46.4 Å². The lowest BCUT2D eigenvalue weighted by molar-refractivity contribution is -0.721. The lowest BCUT2D eigenvalue weighted by atomic mass is 10.1. The average Bonchev–Trinajstić information content (AvgIpc) is 2.95. The molecule has 1 aliphatic rings. The van der Waals surface area contributed by atoms with Crippen LogP contribution in [0.15, 0.2) is 40.0 Å². The summed E-state index contributed by atoms with van der Waals surface area (Å²) in [5.74, 6) is 0.499. The molecule has 8 nitrogen and oxygen atoms in total. The first kappa shape index (κ1) is 11.6. The van der Waals surface area contributed by atoms with Crippen molar-refractivity contribution in [1.29, 1.82) is 0 Å². The van der Waals surface area contributed by atoms with Crippen molar-refractivity contribution < 1.29 is 19.3 Å². The van der Waals surface area contributed by atoms with Gasteiger partial charge in [-0.15, -0.1) is 0 Å². The molecule has 0 saturated carbocycles. The minimum Gasteiger partial charge on any atom is -0.482 e. The molecule has 4 rings (SSSR count). The summed E-state index contributed by atoms with van der Waals surface area (Å²) in [6.45, 7) is 0.389. The summed E-state index contributed by atoms with van der Waals surface area (Å²) >= 11 is 0. The van der Waals surface area contributed by atoms with Crippen molar-refractivity contribution >= 4 is 17.1 Å². The van der Waals surface area contributed by atoms with Gasteiger partial charge in [-0.2, -0.15) is 0 Å². The highest BCUT2D eigenvalue weighted by Crippen LogP contribution is 2.33. The summed E-state index contributed by atoms with van der Waals surface area (Å²) in [5.41, 5.74) is 1.79. The SMILES string of the molecule is O=c1ccn(O)[n+](-c2c3c(cc4nonc24)C=CCO3)c1. The Morgan fingerprint density at radius 1 is 1.38 bits per heavy atom. The monoisotopic (exact) mass is 285 g/mol. The predicted octanol–water partition coefficient (Wildman–Crippen LogP) is 0.304. The maximum atomic E-state index is 11.6. The fourth-order valence-corrected chi connectivity index (χ4v) is 2.31. The average molecular weight is 285 g/mol. The van der Waals surface area contributed by atoms with E-state index in [1.165, 1.54) is 23.1 Å². The van der Waals surface area contributed by atoms with Gasteiger partial charge in [0.15, 0.2) is 0 Å². The first-order chi connectivity index (χ1) is 10.2. The number of hydrogen-bond donors (Lipinski definition) is 1. The van der Waals surface area contributed by atoms with Crippen molar-refractivity contribution in [2.24, 2.45) is 0 Å². The molecule has 0 bridgehead atoms. The Morgan fingerprint density at radius 2 is 2.29 bits per heavy atom. The van der Waals surface area contributed by atoms with Crippen molar-refractivity contribution in [2.45, 2.75) is 0 Å². The van der Waals surface area contributed by atoms with Crippen LogP contribution >= 0.6 is 0 Å². The van der Waals surface area contributed by atoms with Gasteiger partial charge in [0.05, 0.1) is 0 Å². The third-order valence-electron chi connectivity index (χ3n) is 3.20. The van der Waals surface area contributed by atoms with Crippen LogP contribution in [0, 0.1) is 0 Å². The quantitative estimate of drug-likeness (QED) is 0.510. The standard InChI is InChI=1S/C13H9N4O4/c18-9-3-4-17(19)16(7-9)12-11-10(14-21-15-11)6-8-2-1-5-20-13(8)12/h1-4,6-7,19H,5H2/q+1. The third kappa shape index (κ3) is 1.69. The summed E-state index contributed by atoms with van der Waals surface area (Å²) in [5, 5.41) is 17.6. The Balaban J connectivity index is 2.16. The van der Waals surface area contributed by atoms with Gasteiger partial charge in [-0.25, -0.2) is 4.63 Å².